The Labute approximate surface area is 124 Å². The van der Waals surface area contributed by atoms with Crippen LogP contribution in [0.5, 0.6) is 0 Å². The molecule has 2 amide bonds. The molecular formula is C17H21NO3. The van der Waals surface area contributed by atoms with Crippen LogP contribution in [0, 0.1) is 12.3 Å². The number of aryl methyl sites for hydroxylation is 1. The van der Waals surface area contributed by atoms with Gasteiger partial charge >= 0.3 is 0 Å². The Morgan fingerprint density at radius 3 is 2.67 bits per heavy atom. The molecule has 3 rings (SSSR count). The quantitative estimate of drug-likeness (QED) is 0.806. The topological polar surface area (TPSA) is 55.4 Å². The van der Waals surface area contributed by atoms with Gasteiger partial charge in [-0.15, -0.1) is 0 Å². The maximum absolute atomic E-state index is 12.5. The smallest absolute Gasteiger partial charge is 0.234 e. The van der Waals surface area contributed by atoms with Gasteiger partial charge in [-0.05, 0) is 37.2 Å². The van der Waals surface area contributed by atoms with Crippen molar-refractivity contribution in [2.45, 2.75) is 38.5 Å². The van der Waals surface area contributed by atoms with Crippen LogP contribution in [-0.4, -0.2) is 25.0 Å². The summed E-state index contributed by atoms with van der Waals surface area (Å²) < 4.78 is 5.55. The van der Waals surface area contributed by atoms with Crippen LogP contribution in [-0.2, 0) is 14.3 Å². The maximum atomic E-state index is 12.5. The number of hydrogen-bond acceptors (Lipinski definition) is 3. The Balaban J connectivity index is 2.01. The molecule has 1 aromatic rings. The summed E-state index contributed by atoms with van der Waals surface area (Å²) in [5, 5.41) is 2.52. The number of imide groups is 1. The number of carbonyl (C=O) groups excluding carboxylic acids is 2. The zero-order valence-electron chi connectivity index (χ0n) is 12.4. The molecule has 21 heavy (non-hydrogen) atoms. The molecule has 0 aliphatic carbocycles. The fourth-order valence-electron chi connectivity index (χ4n) is 3.71. The molecule has 0 bridgehead atoms. The van der Waals surface area contributed by atoms with E-state index in [1.54, 1.807) is 0 Å². The molecule has 2 unspecified atom stereocenters. The van der Waals surface area contributed by atoms with Crippen molar-refractivity contribution in [2.75, 3.05) is 13.2 Å². The van der Waals surface area contributed by atoms with Gasteiger partial charge in [0.25, 0.3) is 0 Å². The van der Waals surface area contributed by atoms with E-state index >= 15 is 0 Å². The van der Waals surface area contributed by atoms with E-state index in [1.165, 1.54) is 5.56 Å². The zero-order valence-corrected chi connectivity index (χ0v) is 12.4. The molecule has 1 N–H and O–H groups in total. The van der Waals surface area contributed by atoms with Gasteiger partial charge in [0, 0.05) is 19.6 Å². The van der Waals surface area contributed by atoms with Gasteiger partial charge in [-0.25, -0.2) is 0 Å². The maximum Gasteiger partial charge on any atom is 0.234 e. The third-order valence-electron chi connectivity index (χ3n) is 4.77. The lowest BCUT2D eigenvalue weighted by Crippen LogP contribution is -2.51. The third kappa shape index (κ3) is 2.72. The summed E-state index contributed by atoms with van der Waals surface area (Å²) in [4.78, 5) is 24.4. The minimum atomic E-state index is -0.287. The first-order valence-corrected chi connectivity index (χ1v) is 7.59. The molecule has 2 aliphatic rings. The number of rotatable bonds is 1. The van der Waals surface area contributed by atoms with E-state index in [0.29, 0.717) is 13.0 Å². The Morgan fingerprint density at radius 1 is 1.14 bits per heavy atom. The van der Waals surface area contributed by atoms with Crippen molar-refractivity contribution >= 4 is 11.8 Å². The summed E-state index contributed by atoms with van der Waals surface area (Å²) in [6.45, 7) is 3.38. The van der Waals surface area contributed by atoms with Crippen LogP contribution in [0.25, 0.3) is 0 Å². The number of ether oxygens (including phenoxy) is 1. The minimum Gasteiger partial charge on any atom is -0.381 e. The molecule has 4 nitrogen and oxygen atoms in total. The van der Waals surface area contributed by atoms with Crippen LogP contribution in [0.1, 0.15) is 42.7 Å². The van der Waals surface area contributed by atoms with Gasteiger partial charge in [0.05, 0.1) is 5.92 Å². The van der Waals surface area contributed by atoms with Crippen molar-refractivity contribution in [3.8, 4) is 0 Å². The molecule has 1 spiro atoms. The van der Waals surface area contributed by atoms with Gasteiger partial charge in [-0.1, -0.05) is 29.8 Å². The molecule has 112 valence electrons. The fourth-order valence-corrected chi connectivity index (χ4v) is 3.71. The number of benzene rings is 1. The number of hydrogen-bond donors (Lipinski definition) is 1. The summed E-state index contributed by atoms with van der Waals surface area (Å²) in [5.41, 5.74) is 1.89. The van der Waals surface area contributed by atoms with E-state index < -0.39 is 0 Å². The van der Waals surface area contributed by atoms with Gasteiger partial charge in [-0.2, -0.15) is 0 Å². The predicted octanol–water partition coefficient (Wildman–Crippen LogP) is 2.31. The van der Waals surface area contributed by atoms with E-state index in [1.807, 2.05) is 31.2 Å². The molecule has 0 saturated carbocycles. The molecule has 2 saturated heterocycles. The van der Waals surface area contributed by atoms with E-state index in [-0.39, 0.29) is 23.1 Å². The van der Waals surface area contributed by atoms with Crippen molar-refractivity contribution in [3.05, 3.63) is 35.4 Å². The van der Waals surface area contributed by atoms with E-state index in [2.05, 4.69) is 5.32 Å². The summed E-state index contributed by atoms with van der Waals surface area (Å²) in [6, 6.07) is 8.09. The highest BCUT2D eigenvalue weighted by atomic mass is 16.5. The first kappa shape index (κ1) is 14.3. The summed E-state index contributed by atoms with van der Waals surface area (Å²) in [6.07, 6.45) is 2.96. The number of piperidine rings is 1. The van der Waals surface area contributed by atoms with Gasteiger partial charge in [0.1, 0.15) is 0 Å². The zero-order chi connectivity index (χ0) is 14.9. The largest absolute Gasteiger partial charge is 0.381 e. The second-order valence-electron chi connectivity index (χ2n) is 6.26. The van der Waals surface area contributed by atoms with E-state index in [9.17, 15) is 9.59 Å². The number of carbonyl (C=O) groups is 2. The highest BCUT2D eigenvalue weighted by Gasteiger charge is 2.49. The highest BCUT2D eigenvalue weighted by Crippen LogP contribution is 2.48. The molecule has 2 aliphatic heterocycles. The summed E-state index contributed by atoms with van der Waals surface area (Å²) >= 11 is 0. The number of nitrogens with one attached hydrogen (secondary N) is 1. The van der Waals surface area contributed by atoms with Crippen molar-refractivity contribution in [2.24, 2.45) is 5.41 Å². The van der Waals surface area contributed by atoms with Crippen LogP contribution < -0.4 is 5.32 Å². The van der Waals surface area contributed by atoms with Gasteiger partial charge in [-0.3, -0.25) is 14.9 Å². The third-order valence-corrected chi connectivity index (χ3v) is 4.77. The van der Waals surface area contributed by atoms with Crippen molar-refractivity contribution < 1.29 is 14.3 Å². The fraction of sp³-hybridized carbons (Fsp3) is 0.529. The molecular weight excluding hydrogens is 266 g/mol. The van der Waals surface area contributed by atoms with Crippen LogP contribution in [0.2, 0.25) is 0 Å². The van der Waals surface area contributed by atoms with Gasteiger partial charge in [0.2, 0.25) is 11.8 Å². The first-order chi connectivity index (χ1) is 10.1. The van der Waals surface area contributed by atoms with Crippen molar-refractivity contribution in [1.29, 1.82) is 0 Å². The monoisotopic (exact) mass is 287 g/mol. The minimum absolute atomic E-state index is 0.148. The van der Waals surface area contributed by atoms with Crippen LogP contribution in [0.15, 0.2) is 24.3 Å². The van der Waals surface area contributed by atoms with Gasteiger partial charge < -0.3 is 4.74 Å². The van der Waals surface area contributed by atoms with Crippen molar-refractivity contribution in [3.63, 3.8) is 0 Å². The molecule has 2 fully saturated rings. The molecule has 0 aromatic heterocycles. The second-order valence-corrected chi connectivity index (χ2v) is 6.26. The molecule has 0 radical (unpaired) electrons. The van der Waals surface area contributed by atoms with Crippen LogP contribution in [0.3, 0.4) is 0 Å². The second kappa shape index (κ2) is 5.60. The SMILES string of the molecule is Cc1ccc(C2C(=O)NC(=O)CC23CCCOCC3)cc1. The Morgan fingerprint density at radius 2 is 1.90 bits per heavy atom. The Hall–Kier alpha value is -1.68. The molecule has 1 aromatic carbocycles. The molecule has 4 heteroatoms. The molecule has 2 heterocycles. The standard InChI is InChI=1S/C17H21NO3/c1-12-3-5-13(6-4-12)15-16(20)18-14(19)11-17(15)7-2-9-21-10-8-17/h3-6,15H,2,7-11H2,1H3,(H,18,19,20). The van der Waals surface area contributed by atoms with E-state index in [4.69, 9.17) is 4.74 Å². The normalized spacial score (nSPS) is 30.0. The van der Waals surface area contributed by atoms with Crippen molar-refractivity contribution in [1.82, 2.24) is 5.32 Å². The number of amides is 2. The lowest BCUT2D eigenvalue weighted by Gasteiger charge is -2.42. The van der Waals surface area contributed by atoms with Crippen LogP contribution in [0.4, 0.5) is 0 Å². The van der Waals surface area contributed by atoms with E-state index in [0.717, 1.165) is 31.4 Å². The average Bonchev–Trinajstić information content (AvgIpc) is 2.66. The van der Waals surface area contributed by atoms with Crippen LogP contribution >= 0.6 is 0 Å². The lowest BCUT2D eigenvalue weighted by atomic mass is 9.63. The summed E-state index contributed by atoms with van der Waals surface area (Å²) in [7, 11) is 0. The average molecular weight is 287 g/mol. The summed E-state index contributed by atoms with van der Waals surface area (Å²) in [5.74, 6) is -0.556. The molecule has 2 atom stereocenters. The lowest BCUT2D eigenvalue weighted by molar-refractivity contribution is -0.140. The predicted molar refractivity (Wildman–Crippen MR) is 78.8 cm³/mol. The highest BCUT2D eigenvalue weighted by molar-refractivity contribution is 6.02. The Bertz CT molecular complexity index is 542. The first-order valence-electron chi connectivity index (χ1n) is 7.59. The Kier molecular flexibility index (Phi) is 3.81. The van der Waals surface area contributed by atoms with Gasteiger partial charge in [0.15, 0.2) is 0 Å².